The Balaban J connectivity index is 1.98. The summed E-state index contributed by atoms with van der Waals surface area (Å²) in [5.74, 6) is 0.0761. The lowest BCUT2D eigenvalue weighted by molar-refractivity contribution is -0.151. The lowest BCUT2D eigenvalue weighted by Gasteiger charge is -2.10. The van der Waals surface area contributed by atoms with Gasteiger partial charge in [-0.1, -0.05) is 19.8 Å². The summed E-state index contributed by atoms with van der Waals surface area (Å²) in [7, 11) is 1.52. The Morgan fingerprint density at radius 2 is 2.19 bits per heavy atom. The smallest absolute Gasteiger partial charge is 0.347 e. The molecule has 0 spiro atoms. The molecule has 1 atom stereocenters. The third kappa shape index (κ3) is 4.11. The highest BCUT2D eigenvalue weighted by Crippen LogP contribution is 2.32. The van der Waals surface area contributed by atoms with E-state index in [0.29, 0.717) is 24.3 Å². The first-order chi connectivity index (χ1) is 9.91. The van der Waals surface area contributed by atoms with Gasteiger partial charge in [0.15, 0.2) is 6.10 Å². The molecule has 0 aromatic heterocycles. The Morgan fingerprint density at radius 3 is 2.86 bits per heavy atom. The summed E-state index contributed by atoms with van der Waals surface area (Å²) < 4.78 is 33.2. The van der Waals surface area contributed by atoms with Crippen LogP contribution in [0.2, 0.25) is 0 Å². The van der Waals surface area contributed by atoms with Crippen molar-refractivity contribution < 1.29 is 22.7 Å². The minimum Gasteiger partial charge on any atom is -0.478 e. The molecule has 2 rings (SSSR count). The van der Waals surface area contributed by atoms with Crippen LogP contribution in [0.4, 0.5) is 0 Å². The fourth-order valence-electron chi connectivity index (χ4n) is 2.13. The summed E-state index contributed by atoms with van der Waals surface area (Å²) in [6, 6.07) is 4.30. The molecule has 1 aliphatic rings. The fourth-order valence-corrected chi connectivity index (χ4v) is 2.93. The zero-order valence-electron chi connectivity index (χ0n) is 11.7. The Bertz CT molecular complexity index is 626. The van der Waals surface area contributed by atoms with Crippen LogP contribution in [0.3, 0.4) is 0 Å². The van der Waals surface area contributed by atoms with E-state index in [4.69, 9.17) is 20.2 Å². The van der Waals surface area contributed by atoms with Crippen molar-refractivity contribution in [2.45, 2.75) is 43.6 Å². The molecule has 5 nitrogen and oxygen atoms in total. The lowest BCUT2D eigenvalue weighted by Crippen LogP contribution is -2.27. The Labute approximate surface area is 128 Å². The van der Waals surface area contributed by atoms with E-state index >= 15 is 0 Å². The molecular formula is C14H17ClO5S. The van der Waals surface area contributed by atoms with Crippen molar-refractivity contribution in [1.82, 2.24) is 0 Å². The van der Waals surface area contributed by atoms with Crippen molar-refractivity contribution in [3.05, 3.63) is 23.8 Å². The number of fused-ring (bicyclic) bond motifs is 1. The van der Waals surface area contributed by atoms with Crippen LogP contribution in [0, 0.1) is 0 Å². The van der Waals surface area contributed by atoms with Gasteiger partial charge in [-0.15, -0.1) is 0 Å². The molecule has 7 heteroatoms. The number of carbonyl (C=O) groups excluding carboxylic acids is 1. The predicted molar refractivity (Wildman–Crippen MR) is 78.1 cm³/mol. The van der Waals surface area contributed by atoms with Gasteiger partial charge in [0.05, 0.1) is 11.5 Å². The summed E-state index contributed by atoms with van der Waals surface area (Å²) in [5, 5.41) is 0. The van der Waals surface area contributed by atoms with Crippen molar-refractivity contribution in [3.63, 3.8) is 0 Å². The second kappa shape index (κ2) is 6.66. The van der Waals surface area contributed by atoms with E-state index in [9.17, 15) is 13.2 Å². The molecule has 1 aromatic carbocycles. The van der Waals surface area contributed by atoms with Gasteiger partial charge in [0, 0.05) is 17.1 Å². The maximum Gasteiger partial charge on any atom is 0.347 e. The van der Waals surface area contributed by atoms with E-state index in [0.717, 1.165) is 19.3 Å². The molecule has 0 saturated heterocycles. The van der Waals surface area contributed by atoms with Crippen LogP contribution in [-0.2, 0) is 25.0 Å². The van der Waals surface area contributed by atoms with E-state index in [-0.39, 0.29) is 4.90 Å². The van der Waals surface area contributed by atoms with E-state index in [1.165, 1.54) is 18.2 Å². The minimum absolute atomic E-state index is 0.00322. The number of hydrogen-bond acceptors (Lipinski definition) is 5. The third-order valence-electron chi connectivity index (χ3n) is 3.24. The third-order valence-corrected chi connectivity index (χ3v) is 4.59. The van der Waals surface area contributed by atoms with Gasteiger partial charge in [0.2, 0.25) is 0 Å². The molecule has 116 valence electrons. The normalized spacial score (nSPS) is 17.1. The Morgan fingerprint density at radius 1 is 1.43 bits per heavy atom. The van der Waals surface area contributed by atoms with Gasteiger partial charge < -0.3 is 9.47 Å². The summed E-state index contributed by atoms with van der Waals surface area (Å²) in [5.41, 5.74) is 0.646. The maximum atomic E-state index is 11.9. The van der Waals surface area contributed by atoms with Crippen molar-refractivity contribution in [3.8, 4) is 5.75 Å². The average molecular weight is 333 g/mol. The summed E-state index contributed by atoms with van der Waals surface area (Å²) >= 11 is 0. The SMILES string of the molecule is CCCCCOC(=O)C1Cc2cc(S(=O)(=O)Cl)ccc2O1. The van der Waals surface area contributed by atoms with Crippen molar-refractivity contribution in [2.75, 3.05) is 6.61 Å². The first-order valence-corrected chi connectivity index (χ1v) is 9.13. The van der Waals surface area contributed by atoms with Crippen LogP contribution in [0.5, 0.6) is 5.75 Å². The predicted octanol–water partition coefficient (Wildman–Crippen LogP) is 2.65. The van der Waals surface area contributed by atoms with Crippen LogP contribution in [-0.4, -0.2) is 27.1 Å². The van der Waals surface area contributed by atoms with E-state index in [1.807, 2.05) is 0 Å². The standard InChI is InChI=1S/C14H17ClO5S/c1-2-3-4-7-19-14(16)13-9-10-8-11(21(15,17)18)5-6-12(10)20-13/h5-6,8,13H,2-4,7,9H2,1H3. The van der Waals surface area contributed by atoms with E-state index in [2.05, 4.69) is 6.92 Å². The monoisotopic (exact) mass is 332 g/mol. The van der Waals surface area contributed by atoms with Gasteiger partial charge in [-0.05, 0) is 30.2 Å². The van der Waals surface area contributed by atoms with Crippen molar-refractivity contribution in [2.24, 2.45) is 0 Å². The topological polar surface area (TPSA) is 69.7 Å². The van der Waals surface area contributed by atoms with Crippen LogP contribution < -0.4 is 4.74 Å². The largest absolute Gasteiger partial charge is 0.478 e. The highest BCUT2D eigenvalue weighted by molar-refractivity contribution is 8.13. The van der Waals surface area contributed by atoms with Crippen molar-refractivity contribution >= 4 is 25.7 Å². The number of unbranched alkanes of at least 4 members (excludes halogenated alkanes) is 2. The lowest BCUT2D eigenvalue weighted by atomic mass is 10.1. The van der Waals surface area contributed by atoms with Crippen LogP contribution in [0.15, 0.2) is 23.1 Å². The maximum absolute atomic E-state index is 11.9. The number of halogens is 1. The number of rotatable bonds is 6. The average Bonchev–Trinajstić information content (AvgIpc) is 2.85. The van der Waals surface area contributed by atoms with Gasteiger partial charge in [-0.3, -0.25) is 0 Å². The summed E-state index contributed by atoms with van der Waals surface area (Å²) in [6.45, 7) is 2.45. The first kappa shape index (κ1) is 16.1. The van der Waals surface area contributed by atoms with Crippen LogP contribution in [0.1, 0.15) is 31.7 Å². The van der Waals surface area contributed by atoms with Crippen LogP contribution in [0.25, 0.3) is 0 Å². The number of benzene rings is 1. The zero-order valence-corrected chi connectivity index (χ0v) is 13.2. The zero-order chi connectivity index (χ0) is 15.5. The molecule has 0 amide bonds. The fraction of sp³-hybridized carbons (Fsp3) is 0.500. The van der Waals surface area contributed by atoms with Gasteiger partial charge >= 0.3 is 5.97 Å². The molecule has 1 aliphatic heterocycles. The molecule has 0 aliphatic carbocycles. The molecule has 0 bridgehead atoms. The molecular weight excluding hydrogens is 316 g/mol. The van der Waals surface area contributed by atoms with Crippen LogP contribution >= 0.6 is 10.7 Å². The summed E-state index contributed by atoms with van der Waals surface area (Å²) in [6.07, 6.45) is 2.47. The highest BCUT2D eigenvalue weighted by Gasteiger charge is 2.31. The number of carbonyl (C=O) groups is 1. The molecule has 1 aromatic rings. The van der Waals surface area contributed by atoms with Crippen molar-refractivity contribution in [1.29, 1.82) is 0 Å². The quantitative estimate of drug-likeness (QED) is 0.455. The second-order valence-corrected chi connectivity index (χ2v) is 7.46. The molecule has 0 radical (unpaired) electrons. The number of esters is 1. The Hall–Kier alpha value is -1.27. The number of hydrogen-bond donors (Lipinski definition) is 0. The molecule has 0 saturated carbocycles. The second-order valence-electron chi connectivity index (χ2n) is 4.89. The van der Waals surface area contributed by atoms with Gasteiger partial charge in [0.1, 0.15) is 5.75 Å². The number of ether oxygens (including phenoxy) is 2. The van der Waals surface area contributed by atoms with E-state index < -0.39 is 21.1 Å². The van der Waals surface area contributed by atoms with E-state index in [1.54, 1.807) is 0 Å². The molecule has 0 N–H and O–H groups in total. The molecule has 1 heterocycles. The molecule has 0 fully saturated rings. The first-order valence-electron chi connectivity index (χ1n) is 6.82. The van der Waals surface area contributed by atoms with Gasteiger partial charge in [-0.25, -0.2) is 13.2 Å². The minimum atomic E-state index is -3.78. The van der Waals surface area contributed by atoms with Gasteiger partial charge in [-0.2, -0.15) is 0 Å². The Kier molecular flexibility index (Phi) is 5.11. The molecule has 21 heavy (non-hydrogen) atoms. The van der Waals surface area contributed by atoms with Gasteiger partial charge in [0.25, 0.3) is 9.05 Å². The summed E-state index contributed by atoms with van der Waals surface area (Å²) in [4.78, 5) is 11.9. The highest BCUT2D eigenvalue weighted by atomic mass is 35.7. The molecule has 1 unspecified atom stereocenters.